The molecule has 92 valence electrons. The van der Waals surface area contributed by atoms with Gasteiger partial charge in [-0.25, -0.2) is 0 Å². The van der Waals surface area contributed by atoms with Crippen LogP contribution < -0.4 is 4.74 Å². The average Bonchev–Trinajstić information content (AvgIpc) is 2.89. The Kier molecular flexibility index (Phi) is 4.15. The first kappa shape index (κ1) is 12.1. The number of carbonyl (C=O) groups excluding carboxylic acids is 1. The molecular formula is C14H18O3. The maximum Gasteiger partial charge on any atom is 0.195 e. The van der Waals surface area contributed by atoms with Gasteiger partial charge in [-0.05, 0) is 31.4 Å². The molecule has 0 aromatic heterocycles. The third-order valence-electron chi connectivity index (χ3n) is 2.84. The molecule has 0 N–H and O–H groups in total. The van der Waals surface area contributed by atoms with E-state index in [9.17, 15) is 4.79 Å². The Balaban J connectivity index is 2.15. The zero-order valence-corrected chi connectivity index (χ0v) is 10.1. The van der Waals surface area contributed by atoms with Crippen molar-refractivity contribution in [2.24, 2.45) is 0 Å². The lowest BCUT2D eigenvalue weighted by molar-refractivity contribution is 0.0639. The van der Waals surface area contributed by atoms with Gasteiger partial charge in [-0.1, -0.05) is 19.1 Å². The van der Waals surface area contributed by atoms with Gasteiger partial charge in [-0.2, -0.15) is 0 Å². The Morgan fingerprint density at radius 1 is 1.47 bits per heavy atom. The molecule has 1 unspecified atom stereocenters. The molecule has 1 saturated heterocycles. The van der Waals surface area contributed by atoms with Crippen LogP contribution in [0.2, 0.25) is 0 Å². The molecule has 2 rings (SSSR count). The Labute approximate surface area is 102 Å². The lowest BCUT2D eigenvalue weighted by atomic mass is 10.0. The number of benzene rings is 1. The van der Waals surface area contributed by atoms with Crippen LogP contribution in [-0.2, 0) is 4.74 Å². The molecule has 0 bridgehead atoms. The van der Waals surface area contributed by atoms with E-state index in [0.717, 1.165) is 19.3 Å². The summed E-state index contributed by atoms with van der Waals surface area (Å²) in [7, 11) is 0. The van der Waals surface area contributed by atoms with Crippen LogP contribution in [0.3, 0.4) is 0 Å². The highest BCUT2D eigenvalue weighted by Crippen LogP contribution is 2.24. The van der Waals surface area contributed by atoms with Gasteiger partial charge >= 0.3 is 0 Å². The van der Waals surface area contributed by atoms with Crippen molar-refractivity contribution in [1.82, 2.24) is 0 Å². The van der Waals surface area contributed by atoms with E-state index >= 15 is 0 Å². The molecule has 0 saturated carbocycles. The average molecular weight is 234 g/mol. The van der Waals surface area contributed by atoms with Crippen molar-refractivity contribution < 1.29 is 14.3 Å². The summed E-state index contributed by atoms with van der Waals surface area (Å²) < 4.78 is 11.0. The molecule has 0 aliphatic carbocycles. The van der Waals surface area contributed by atoms with E-state index < -0.39 is 0 Å². The highest BCUT2D eigenvalue weighted by atomic mass is 16.5. The van der Waals surface area contributed by atoms with Gasteiger partial charge in [-0.3, -0.25) is 4.79 Å². The van der Waals surface area contributed by atoms with Crippen molar-refractivity contribution in [2.75, 3.05) is 13.2 Å². The van der Waals surface area contributed by atoms with E-state index in [-0.39, 0.29) is 11.9 Å². The van der Waals surface area contributed by atoms with Crippen LogP contribution in [0.25, 0.3) is 0 Å². The van der Waals surface area contributed by atoms with Crippen LogP contribution in [0.15, 0.2) is 24.3 Å². The third kappa shape index (κ3) is 2.86. The lowest BCUT2D eigenvalue weighted by Gasteiger charge is -2.13. The maximum absolute atomic E-state index is 12.2. The Hall–Kier alpha value is -1.35. The molecule has 1 aliphatic rings. The Morgan fingerprint density at radius 2 is 2.29 bits per heavy atom. The van der Waals surface area contributed by atoms with Crippen LogP contribution in [0.1, 0.15) is 36.5 Å². The lowest BCUT2D eigenvalue weighted by Crippen LogP contribution is -2.20. The van der Waals surface area contributed by atoms with Gasteiger partial charge in [0.05, 0.1) is 12.2 Å². The monoisotopic (exact) mass is 234 g/mol. The van der Waals surface area contributed by atoms with Crippen molar-refractivity contribution in [2.45, 2.75) is 32.3 Å². The normalized spacial score (nSPS) is 19.2. The fourth-order valence-corrected chi connectivity index (χ4v) is 1.97. The minimum absolute atomic E-state index is 0.0502. The van der Waals surface area contributed by atoms with Crippen molar-refractivity contribution in [3.05, 3.63) is 29.8 Å². The number of rotatable bonds is 5. The van der Waals surface area contributed by atoms with Gasteiger partial charge in [0.1, 0.15) is 11.9 Å². The van der Waals surface area contributed by atoms with Gasteiger partial charge in [0.15, 0.2) is 5.78 Å². The SMILES string of the molecule is CCCOc1ccccc1C(=O)C1CCCO1. The predicted octanol–water partition coefficient (Wildman–Crippen LogP) is 2.84. The quantitative estimate of drug-likeness (QED) is 0.735. The molecular weight excluding hydrogens is 216 g/mol. The first-order valence-electron chi connectivity index (χ1n) is 6.20. The molecule has 17 heavy (non-hydrogen) atoms. The Morgan fingerprint density at radius 3 is 3.00 bits per heavy atom. The maximum atomic E-state index is 12.2. The van der Waals surface area contributed by atoms with Crippen molar-refractivity contribution in [3.63, 3.8) is 0 Å². The number of para-hydroxylation sites is 1. The number of hydrogen-bond donors (Lipinski definition) is 0. The van der Waals surface area contributed by atoms with Gasteiger partial charge < -0.3 is 9.47 Å². The van der Waals surface area contributed by atoms with E-state index in [0.29, 0.717) is 24.5 Å². The van der Waals surface area contributed by atoms with E-state index in [1.54, 1.807) is 0 Å². The molecule has 1 aliphatic heterocycles. The highest BCUT2D eigenvalue weighted by Gasteiger charge is 2.26. The fourth-order valence-electron chi connectivity index (χ4n) is 1.97. The first-order valence-corrected chi connectivity index (χ1v) is 6.20. The van der Waals surface area contributed by atoms with Crippen LogP contribution in [0.5, 0.6) is 5.75 Å². The minimum Gasteiger partial charge on any atom is -0.493 e. The minimum atomic E-state index is -0.277. The van der Waals surface area contributed by atoms with Crippen LogP contribution >= 0.6 is 0 Å². The smallest absolute Gasteiger partial charge is 0.195 e. The molecule has 0 spiro atoms. The summed E-state index contributed by atoms with van der Waals surface area (Å²) >= 11 is 0. The van der Waals surface area contributed by atoms with E-state index in [4.69, 9.17) is 9.47 Å². The highest BCUT2D eigenvalue weighted by molar-refractivity contribution is 6.01. The summed E-state index contributed by atoms with van der Waals surface area (Å²) in [5, 5.41) is 0. The second-order valence-electron chi connectivity index (χ2n) is 4.21. The topological polar surface area (TPSA) is 35.5 Å². The standard InChI is InChI=1S/C14H18O3/c1-2-9-16-12-7-4-3-6-11(12)14(15)13-8-5-10-17-13/h3-4,6-7,13H,2,5,8-10H2,1H3. The van der Waals surface area contributed by atoms with Gasteiger partial charge in [0.2, 0.25) is 0 Å². The summed E-state index contributed by atoms with van der Waals surface area (Å²) in [5.41, 5.74) is 0.646. The summed E-state index contributed by atoms with van der Waals surface area (Å²) in [6, 6.07) is 7.41. The van der Waals surface area contributed by atoms with E-state index in [1.165, 1.54) is 0 Å². The van der Waals surface area contributed by atoms with Crippen molar-refractivity contribution in [1.29, 1.82) is 0 Å². The molecule has 1 atom stereocenters. The van der Waals surface area contributed by atoms with Gasteiger partial charge in [0, 0.05) is 6.61 Å². The molecule has 1 aromatic carbocycles. The van der Waals surface area contributed by atoms with Gasteiger partial charge in [0.25, 0.3) is 0 Å². The van der Waals surface area contributed by atoms with Crippen LogP contribution in [0.4, 0.5) is 0 Å². The second-order valence-corrected chi connectivity index (χ2v) is 4.21. The second kappa shape index (κ2) is 5.82. The zero-order chi connectivity index (χ0) is 12.1. The van der Waals surface area contributed by atoms with Crippen molar-refractivity contribution in [3.8, 4) is 5.75 Å². The number of ketones is 1. The molecule has 3 nitrogen and oxygen atoms in total. The molecule has 1 heterocycles. The van der Waals surface area contributed by atoms with E-state index in [1.807, 2.05) is 31.2 Å². The van der Waals surface area contributed by atoms with Crippen molar-refractivity contribution >= 4 is 5.78 Å². The summed E-state index contributed by atoms with van der Waals surface area (Å²) in [6.45, 7) is 3.37. The predicted molar refractivity (Wildman–Crippen MR) is 65.5 cm³/mol. The largest absolute Gasteiger partial charge is 0.493 e. The van der Waals surface area contributed by atoms with E-state index in [2.05, 4.69) is 0 Å². The first-order chi connectivity index (χ1) is 8.33. The summed E-state index contributed by atoms with van der Waals surface area (Å²) in [5.74, 6) is 0.726. The zero-order valence-electron chi connectivity index (χ0n) is 10.1. The van der Waals surface area contributed by atoms with Crippen LogP contribution in [-0.4, -0.2) is 25.1 Å². The molecule has 3 heteroatoms. The van der Waals surface area contributed by atoms with Crippen LogP contribution in [0, 0.1) is 0 Å². The summed E-state index contributed by atoms with van der Waals surface area (Å²) in [4.78, 5) is 12.2. The molecule has 0 radical (unpaired) electrons. The van der Waals surface area contributed by atoms with Gasteiger partial charge in [-0.15, -0.1) is 0 Å². The number of ether oxygens (including phenoxy) is 2. The number of hydrogen-bond acceptors (Lipinski definition) is 3. The Bertz CT molecular complexity index is 381. The molecule has 0 amide bonds. The fraction of sp³-hybridized carbons (Fsp3) is 0.500. The number of carbonyl (C=O) groups is 1. The third-order valence-corrected chi connectivity index (χ3v) is 2.84. The molecule has 1 aromatic rings. The summed E-state index contributed by atoms with van der Waals surface area (Å²) in [6.07, 6.45) is 2.44. The number of Topliss-reactive ketones (excluding diaryl/α,β-unsaturated/α-hetero) is 1. The molecule has 1 fully saturated rings.